The van der Waals surface area contributed by atoms with Crippen molar-refractivity contribution in [3.63, 3.8) is 0 Å². The summed E-state index contributed by atoms with van der Waals surface area (Å²) in [6.07, 6.45) is -15.8. The number of methoxy groups -OCH3 is 1. The number of esters is 1. The van der Waals surface area contributed by atoms with Gasteiger partial charge in [-0.2, -0.15) is 8.78 Å². The van der Waals surface area contributed by atoms with Crippen molar-refractivity contribution in [3.8, 4) is 0 Å². The molecule has 0 radical (unpaired) electrons. The van der Waals surface area contributed by atoms with Crippen LogP contribution in [0, 0.1) is 0 Å². The maximum absolute atomic E-state index is 12.6. The number of ether oxygens (including phenoxy) is 2. The van der Waals surface area contributed by atoms with Gasteiger partial charge in [0.2, 0.25) is 6.10 Å². The number of halogens is 5. The van der Waals surface area contributed by atoms with Crippen LogP contribution in [-0.2, 0) is 19.1 Å². The minimum Gasteiger partial charge on any atom is -0.467 e. The first-order valence-electron chi connectivity index (χ1n) is 3.77. The largest absolute Gasteiger partial charge is 0.467 e. The Labute approximate surface area is 86.3 Å². The third-order valence-corrected chi connectivity index (χ3v) is 1.38. The van der Waals surface area contributed by atoms with Crippen LogP contribution in [0.5, 0.6) is 0 Å². The van der Waals surface area contributed by atoms with Gasteiger partial charge in [0.05, 0.1) is 7.11 Å². The van der Waals surface area contributed by atoms with Gasteiger partial charge in [-0.1, -0.05) is 0 Å². The van der Waals surface area contributed by atoms with Gasteiger partial charge in [-0.25, -0.2) is 18.0 Å². The number of rotatable bonds is 6. The van der Waals surface area contributed by atoms with E-state index in [-0.39, 0.29) is 0 Å². The van der Waals surface area contributed by atoms with Crippen LogP contribution in [0.25, 0.3) is 0 Å². The van der Waals surface area contributed by atoms with Gasteiger partial charge in [0.15, 0.2) is 6.29 Å². The summed E-state index contributed by atoms with van der Waals surface area (Å²) in [4.78, 5) is 20.7. The summed E-state index contributed by atoms with van der Waals surface area (Å²) < 4.78 is 67.8. The smallest absolute Gasteiger partial charge is 0.393 e. The molecule has 0 rings (SSSR count). The minimum atomic E-state index is -4.96. The van der Waals surface area contributed by atoms with Crippen molar-refractivity contribution in [2.24, 2.45) is 0 Å². The lowest BCUT2D eigenvalue weighted by Crippen LogP contribution is -2.44. The summed E-state index contributed by atoms with van der Waals surface area (Å²) in [6, 6.07) is 0. The first-order chi connectivity index (χ1) is 7.26. The quantitative estimate of drug-likeness (QED) is 0.304. The Morgan fingerprint density at radius 3 is 2.12 bits per heavy atom. The van der Waals surface area contributed by atoms with E-state index in [1.165, 1.54) is 0 Å². The molecular weight excluding hydrogens is 243 g/mol. The molecule has 0 aliphatic rings. The Morgan fingerprint density at radius 1 is 1.31 bits per heavy atom. The van der Waals surface area contributed by atoms with Crippen LogP contribution in [-0.4, -0.2) is 44.2 Å². The Morgan fingerprint density at radius 2 is 1.81 bits per heavy atom. The second-order valence-corrected chi connectivity index (χ2v) is 2.50. The number of carbonyl (C=O) groups is 2. The molecule has 2 atom stereocenters. The first-order valence-corrected chi connectivity index (χ1v) is 3.77. The summed E-state index contributed by atoms with van der Waals surface area (Å²) in [5, 5.41) is 0. The number of alkyl halides is 5. The van der Waals surface area contributed by atoms with Crippen molar-refractivity contribution >= 4 is 12.3 Å². The second kappa shape index (κ2) is 5.73. The first kappa shape index (κ1) is 14.8. The number of hydrogen-bond acceptors (Lipinski definition) is 4. The van der Waals surface area contributed by atoms with E-state index in [1.54, 1.807) is 0 Å². The van der Waals surface area contributed by atoms with E-state index < -0.39 is 37.1 Å². The van der Waals surface area contributed by atoms with Crippen molar-refractivity contribution < 1.29 is 41.0 Å². The molecule has 0 spiro atoms. The lowest BCUT2D eigenvalue weighted by molar-refractivity contribution is -0.302. The molecule has 0 amide bonds. The molecule has 16 heavy (non-hydrogen) atoms. The molecule has 0 aliphatic heterocycles. The topological polar surface area (TPSA) is 52.6 Å². The Balaban J connectivity index is 4.66. The highest BCUT2D eigenvalue weighted by molar-refractivity contribution is 5.90. The van der Waals surface area contributed by atoms with E-state index in [4.69, 9.17) is 0 Å². The average molecular weight is 250 g/mol. The van der Waals surface area contributed by atoms with Crippen LogP contribution in [0.1, 0.15) is 0 Å². The summed E-state index contributed by atoms with van der Waals surface area (Å²) in [7, 11) is 0.750. The average Bonchev–Trinajstić information content (AvgIpc) is 2.23. The van der Waals surface area contributed by atoms with Gasteiger partial charge in [-0.05, 0) is 0 Å². The molecule has 0 aromatic rings. The molecule has 0 saturated heterocycles. The number of hydrogen-bond donors (Lipinski definition) is 0. The van der Waals surface area contributed by atoms with E-state index in [2.05, 4.69) is 9.47 Å². The maximum Gasteiger partial charge on any atom is 0.393 e. The summed E-state index contributed by atoms with van der Waals surface area (Å²) in [5.74, 6) is -1.55. The van der Waals surface area contributed by atoms with Crippen molar-refractivity contribution in [2.75, 3.05) is 7.11 Å². The summed E-state index contributed by atoms with van der Waals surface area (Å²) >= 11 is 0. The van der Waals surface area contributed by atoms with Crippen molar-refractivity contribution in [1.29, 1.82) is 0 Å². The van der Waals surface area contributed by atoms with Gasteiger partial charge in [0.1, 0.15) is 0 Å². The van der Waals surface area contributed by atoms with Crippen molar-refractivity contribution in [2.45, 2.75) is 24.8 Å². The normalized spacial score (nSPS) is 15.7. The van der Waals surface area contributed by atoms with Gasteiger partial charge in [-0.15, -0.1) is 0 Å². The van der Waals surface area contributed by atoms with Gasteiger partial charge in [-0.3, -0.25) is 9.53 Å². The summed E-state index contributed by atoms with van der Waals surface area (Å²) in [5.41, 5.74) is 0. The van der Waals surface area contributed by atoms with Gasteiger partial charge in [0.25, 0.3) is 12.6 Å². The van der Waals surface area contributed by atoms with Gasteiger partial charge >= 0.3 is 12.1 Å². The lowest BCUT2D eigenvalue weighted by Gasteiger charge is -2.22. The molecule has 0 N–H and O–H groups in total. The van der Waals surface area contributed by atoms with E-state index in [1.807, 2.05) is 0 Å². The summed E-state index contributed by atoms with van der Waals surface area (Å²) in [6.45, 7) is 0. The third kappa shape index (κ3) is 3.72. The SMILES string of the molecule is COC(=O)C(C=O)OC(F)(F)C(F)C(F)F. The fourth-order valence-electron chi connectivity index (χ4n) is 0.629. The molecule has 0 aliphatic carbocycles. The van der Waals surface area contributed by atoms with E-state index in [0.29, 0.717) is 0 Å². The van der Waals surface area contributed by atoms with Crippen LogP contribution in [0.2, 0.25) is 0 Å². The molecular formula is C7H7F5O4. The number of carbonyl (C=O) groups excluding carboxylic acids is 2. The Kier molecular flexibility index (Phi) is 5.28. The Bertz CT molecular complexity index is 257. The van der Waals surface area contributed by atoms with Crippen molar-refractivity contribution in [3.05, 3.63) is 0 Å². The molecule has 0 fully saturated rings. The standard InChI is InChI=1S/C7H7F5O4/c1-15-6(14)3(2-13)16-7(11,12)4(8)5(9)10/h2-5H,1H3. The highest BCUT2D eigenvalue weighted by Gasteiger charge is 2.50. The fourth-order valence-corrected chi connectivity index (χ4v) is 0.629. The molecule has 4 nitrogen and oxygen atoms in total. The third-order valence-electron chi connectivity index (χ3n) is 1.38. The Hall–Kier alpha value is -1.25. The predicted molar refractivity (Wildman–Crippen MR) is 38.8 cm³/mol. The molecule has 0 heterocycles. The fraction of sp³-hybridized carbons (Fsp3) is 0.714. The van der Waals surface area contributed by atoms with E-state index >= 15 is 0 Å². The molecule has 9 heteroatoms. The molecule has 2 unspecified atom stereocenters. The van der Waals surface area contributed by atoms with E-state index in [0.717, 1.165) is 7.11 Å². The zero-order chi connectivity index (χ0) is 12.9. The lowest BCUT2D eigenvalue weighted by atomic mass is 10.3. The number of aldehydes is 1. The predicted octanol–water partition coefficient (Wildman–Crippen LogP) is 0.939. The maximum atomic E-state index is 12.6. The van der Waals surface area contributed by atoms with Gasteiger partial charge < -0.3 is 4.74 Å². The zero-order valence-corrected chi connectivity index (χ0v) is 7.83. The highest BCUT2D eigenvalue weighted by Crippen LogP contribution is 2.28. The molecule has 94 valence electrons. The zero-order valence-electron chi connectivity index (χ0n) is 7.83. The van der Waals surface area contributed by atoms with Crippen molar-refractivity contribution in [1.82, 2.24) is 0 Å². The van der Waals surface area contributed by atoms with Crippen LogP contribution in [0.3, 0.4) is 0 Å². The molecule has 0 saturated carbocycles. The molecule has 0 aromatic heterocycles. The van der Waals surface area contributed by atoms with Crippen LogP contribution < -0.4 is 0 Å². The molecule has 0 bridgehead atoms. The minimum absolute atomic E-state index is 0.419. The molecule has 0 aromatic carbocycles. The van der Waals surface area contributed by atoms with Crippen LogP contribution >= 0.6 is 0 Å². The van der Waals surface area contributed by atoms with Gasteiger partial charge in [0, 0.05) is 0 Å². The monoisotopic (exact) mass is 250 g/mol. The van der Waals surface area contributed by atoms with Crippen LogP contribution in [0.4, 0.5) is 22.0 Å². The second-order valence-electron chi connectivity index (χ2n) is 2.50. The van der Waals surface area contributed by atoms with Crippen LogP contribution in [0.15, 0.2) is 0 Å². The highest BCUT2D eigenvalue weighted by atomic mass is 19.3. The van der Waals surface area contributed by atoms with E-state index in [9.17, 15) is 31.5 Å².